The third kappa shape index (κ3) is 2.92. The van der Waals surface area contributed by atoms with Crippen molar-refractivity contribution in [2.75, 3.05) is 5.73 Å². The predicted octanol–water partition coefficient (Wildman–Crippen LogP) is 0.478. The summed E-state index contributed by atoms with van der Waals surface area (Å²) in [7, 11) is 0. The van der Waals surface area contributed by atoms with Crippen LogP contribution in [-0.2, 0) is 13.0 Å². The third-order valence-corrected chi connectivity index (χ3v) is 3.03. The zero-order valence-corrected chi connectivity index (χ0v) is 12.5. The Balaban J connectivity index is 1.99. The molecule has 0 aliphatic carbocycles. The third-order valence-electron chi connectivity index (χ3n) is 3.03. The lowest BCUT2D eigenvalue weighted by Crippen LogP contribution is -2.12. The van der Waals surface area contributed by atoms with Crippen molar-refractivity contribution >= 4 is 5.95 Å². The largest absolute Gasteiger partial charge is 0.367 e. The number of nitrogen functional groups attached to an aromatic ring is 1. The summed E-state index contributed by atoms with van der Waals surface area (Å²) in [4.78, 5) is 8.90. The number of nitrogens with zero attached hydrogens (tertiary/aromatic N) is 8. The molecular formula is C13H17N9. The van der Waals surface area contributed by atoms with Crippen LogP contribution in [-0.4, -0.2) is 40.0 Å². The van der Waals surface area contributed by atoms with Crippen molar-refractivity contribution in [1.82, 2.24) is 40.0 Å². The van der Waals surface area contributed by atoms with Gasteiger partial charge in [-0.05, 0) is 28.5 Å². The summed E-state index contributed by atoms with van der Waals surface area (Å²) in [6.07, 6.45) is 2.51. The first kappa shape index (κ1) is 14.1. The van der Waals surface area contributed by atoms with E-state index in [1.165, 1.54) is 4.68 Å². The van der Waals surface area contributed by atoms with Gasteiger partial charge in [0, 0.05) is 12.6 Å². The molecule has 2 N–H and O–H groups in total. The van der Waals surface area contributed by atoms with Crippen molar-refractivity contribution in [3.8, 4) is 5.82 Å². The topological polar surface area (TPSA) is 113 Å². The van der Waals surface area contributed by atoms with E-state index in [-0.39, 0.29) is 5.95 Å². The van der Waals surface area contributed by atoms with Crippen molar-refractivity contribution < 1.29 is 0 Å². The van der Waals surface area contributed by atoms with Crippen LogP contribution in [0.3, 0.4) is 0 Å². The molecule has 3 rings (SSSR count). The van der Waals surface area contributed by atoms with Gasteiger partial charge in [-0.2, -0.15) is 4.68 Å². The molecule has 0 fully saturated rings. The van der Waals surface area contributed by atoms with Crippen LogP contribution in [0.15, 0.2) is 24.4 Å². The van der Waals surface area contributed by atoms with Crippen LogP contribution < -0.4 is 5.73 Å². The second-order valence-corrected chi connectivity index (χ2v) is 5.34. The summed E-state index contributed by atoms with van der Waals surface area (Å²) < 4.78 is 3.18. The number of rotatable bonds is 5. The molecule has 3 heterocycles. The molecule has 0 bridgehead atoms. The molecule has 0 aromatic carbocycles. The minimum Gasteiger partial charge on any atom is -0.367 e. The molecule has 9 heteroatoms. The number of aromatic nitrogens is 8. The summed E-state index contributed by atoms with van der Waals surface area (Å²) in [6, 6.07) is 5.63. The predicted molar refractivity (Wildman–Crippen MR) is 79.0 cm³/mol. The van der Waals surface area contributed by atoms with E-state index in [4.69, 9.17) is 5.73 Å². The minimum atomic E-state index is 0.237. The van der Waals surface area contributed by atoms with Gasteiger partial charge in [-0.3, -0.25) is 0 Å². The van der Waals surface area contributed by atoms with Gasteiger partial charge in [-0.1, -0.05) is 25.0 Å². The molecule has 3 aromatic rings. The van der Waals surface area contributed by atoms with Crippen LogP contribution in [0.1, 0.15) is 25.5 Å². The van der Waals surface area contributed by atoms with Gasteiger partial charge >= 0.3 is 0 Å². The summed E-state index contributed by atoms with van der Waals surface area (Å²) in [5.74, 6) is 2.86. The maximum atomic E-state index is 5.72. The molecule has 22 heavy (non-hydrogen) atoms. The van der Waals surface area contributed by atoms with E-state index in [1.54, 1.807) is 10.9 Å². The lowest BCUT2D eigenvalue weighted by Gasteiger charge is -2.04. The van der Waals surface area contributed by atoms with Crippen molar-refractivity contribution in [3.63, 3.8) is 0 Å². The lowest BCUT2D eigenvalue weighted by atomic mass is 10.1. The normalized spacial score (nSPS) is 11.2. The number of hydrogen-bond donors (Lipinski definition) is 1. The maximum Gasteiger partial charge on any atom is 0.240 e. The Morgan fingerprint density at radius 3 is 2.77 bits per heavy atom. The molecule has 114 valence electrons. The fourth-order valence-electron chi connectivity index (χ4n) is 2.07. The van der Waals surface area contributed by atoms with Crippen LogP contribution in [0, 0.1) is 5.92 Å². The molecule has 0 atom stereocenters. The molecular weight excluding hydrogens is 282 g/mol. The van der Waals surface area contributed by atoms with E-state index >= 15 is 0 Å². The van der Waals surface area contributed by atoms with E-state index in [0.717, 1.165) is 12.2 Å². The van der Waals surface area contributed by atoms with Crippen LogP contribution in [0.4, 0.5) is 5.95 Å². The molecule has 0 radical (unpaired) electrons. The van der Waals surface area contributed by atoms with Crippen LogP contribution >= 0.6 is 0 Å². The van der Waals surface area contributed by atoms with Gasteiger partial charge < -0.3 is 5.73 Å². The van der Waals surface area contributed by atoms with Gasteiger partial charge in [-0.25, -0.2) is 14.6 Å². The van der Waals surface area contributed by atoms with E-state index < -0.39 is 0 Å². The highest BCUT2D eigenvalue weighted by Gasteiger charge is 2.15. The first-order valence-corrected chi connectivity index (χ1v) is 7.01. The highest BCUT2D eigenvalue weighted by molar-refractivity contribution is 5.23. The van der Waals surface area contributed by atoms with E-state index in [9.17, 15) is 0 Å². The zero-order chi connectivity index (χ0) is 15.5. The Bertz CT molecular complexity index is 744. The Morgan fingerprint density at radius 2 is 2.14 bits per heavy atom. The van der Waals surface area contributed by atoms with Gasteiger partial charge in [0.05, 0.1) is 0 Å². The molecule has 0 saturated heterocycles. The lowest BCUT2D eigenvalue weighted by molar-refractivity contribution is 0.611. The Labute approximate surface area is 127 Å². The standard InChI is InChI=1S/C13H17N9/c1-9(2)7-10-16-12(8-21-13(14)17-19-20-21)22(18-10)11-5-3-4-6-15-11/h3-6,9H,7-8H2,1-2H3,(H2,14,17,20). The number of pyridine rings is 1. The van der Waals surface area contributed by atoms with E-state index in [0.29, 0.717) is 24.1 Å². The van der Waals surface area contributed by atoms with Crippen molar-refractivity contribution in [2.45, 2.75) is 26.8 Å². The van der Waals surface area contributed by atoms with Crippen molar-refractivity contribution in [3.05, 3.63) is 36.0 Å². The van der Waals surface area contributed by atoms with Crippen LogP contribution in [0.2, 0.25) is 0 Å². The van der Waals surface area contributed by atoms with Crippen molar-refractivity contribution in [2.24, 2.45) is 5.92 Å². The Hall–Kier alpha value is -2.84. The average molecular weight is 299 g/mol. The van der Waals surface area contributed by atoms with Gasteiger partial charge in [0.15, 0.2) is 17.5 Å². The van der Waals surface area contributed by atoms with Gasteiger partial charge in [0.25, 0.3) is 0 Å². The monoisotopic (exact) mass is 299 g/mol. The fraction of sp³-hybridized carbons (Fsp3) is 0.385. The molecule has 0 amide bonds. The Morgan fingerprint density at radius 1 is 1.27 bits per heavy atom. The average Bonchev–Trinajstić information content (AvgIpc) is 3.07. The molecule has 0 saturated carbocycles. The second-order valence-electron chi connectivity index (χ2n) is 5.34. The quantitative estimate of drug-likeness (QED) is 0.728. The van der Waals surface area contributed by atoms with Crippen LogP contribution in [0.25, 0.3) is 5.82 Å². The summed E-state index contributed by atoms with van der Waals surface area (Å²) >= 11 is 0. The summed E-state index contributed by atoms with van der Waals surface area (Å²) in [5.41, 5.74) is 5.72. The summed E-state index contributed by atoms with van der Waals surface area (Å²) in [5, 5.41) is 15.6. The summed E-state index contributed by atoms with van der Waals surface area (Å²) in [6.45, 7) is 4.58. The second kappa shape index (κ2) is 5.88. The SMILES string of the molecule is CC(C)Cc1nc(Cn2nnnc2N)n(-c2ccccn2)n1. The fourth-order valence-corrected chi connectivity index (χ4v) is 2.07. The number of hydrogen-bond acceptors (Lipinski definition) is 7. The molecule has 9 nitrogen and oxygen atoms in total. The Kier molecular flexibility index (Phi) is 3.77. The van der Waals surface area contributed by atoms with Gasteiger partial charge in [0.2, 0.25) is 5.95 Å². The molecule has 0 aliphatic heterocycles. The highest BCUT2D eigenvalue weighted by atomic mass is 15.6. The maximum absolute atomic E-state index is 5.72. The number of tetrazole rings is 1. The first-order chi connectivity index (χ1) is 10.6. The molecule has 0 aliphatic rings. The van der Waals surface area contributed by atoms with Gasteiger partial charge in [-0.15, -0.1) is 5.10 Å². The molecule has 3 aromatic heterocycles. The van der Waals surface area contributed by atoms with Gasteiger partial charge in [0.1, 0.15) is 6.54 Å². The zero-order valence-electron chi connectivity index (χ0n) is 12.5. The van der Waals surface area contributed by atoms with Crippen LogP contribution in [0.5, 0.6) is 0 Å². The molecule has 0 spiro atoms. The number of nitrogens with two attached hydrogens (primary N) is 1. The molecule has 0 unspecified atom stereocenters. The first-order valence-electron chi connectivity index (χ1n) is 7.01. The number of anilines is 1. The van der Waals surface area contributed by atoms with E-state index in [1.807, 2.05) is 18.2 Å². The minimum absolute atomic E-state index is 0.237. The van der Waals surface area contributed by atoms with E-state index in [2.05, 4.69) is 44.4 Å². The highest BCUT2D eigenvalue weighted by Crippen LogP contribution is 2.11. The smallest absolute Gasteiger partial charge is 0.240 e. The van der Waals surface area contributed by atoms with Crippen molar-refractivity contribution in [1.29, 1.82) is 0 Å².